The molecule has 18 heavy (non-hydrogen) atoms. The maximum Gasteiger partial charge on any atom is 0.217 e. The van der Waals surface area contributed by atoms with Crippen molar-refractivity contribution in [3.63, 3.8) is 0 Å². The Bertz CT molecular complexity index is 393. The Morgan fingerprint density at radius 2 is 2.28 bits per heavy atom. The highest BCUT2D eigenvalue weighted by atomic mass is 79.9. The van der Waals surface area contributed by atoms with Crippen LogP contribution in [0.1, 0.15) is 44.9 Å². The molecule has 0 aliphatic carbocycles. The van der Waals surface area contributed by atoms with Crippen LogP contribution < -0.4 is 4.74 Å². The predicted octanol–water partition coefficient (Wildman–Crippen LogP) is 3.31. The number of rotatable bonds is 4. The van der Waals surface area contributed by atoms with Crippen LogP contribution in [0.2, 0.25) is 0 Å². The van der Waals surface area contributed by atoms with Gasteiger partial charge in [0, 0.05) is 18.6 Å². The average molecular weight is 315 g/mol. The number of nitrogens with zero attached hydrogens (tertiary/aromatic N) is 2. The van der Waals surface area contributed by atoms with Crippen LogP contribution in [-0.4, -0.2) is 29.3 Å². The van der Waals surface area contributed by atoms with E-state index in [9.17, 15) is 0 Å². The summed E-state index contributed by atoms with van der Waals surface area (Å²) in [4.78, 5) is 8.72. The molecule has 1 atom stereocenters. The van der Waals surface area contributed by atoms with Crippen LogP contribution in [0.3, 0.4) is 0 Å². The Labute approximate surface area is 116 Å². The summed E-state index contributed by atoms with van der Waals surface area (Å²) >= 11 is 3.38. The van der Waals surface area contributed by atoms with Crippen LogP contribution >= 0.6 is 15.9 Å². The molecule has 1 fully saturated rings. The van der Waals surface area contributed by atoms with Crippen LogP contribution in [0, 0.1) is 0 Å². The molecule has 2 rings (SSSR count). The van der Waals surface area contributed by atoms with E-state index in [0.717, 1.165) is 29.9 Å². The molecule has 0 bridgehead atoms. The van der Waals surface area contributed by atoms with Gasteiger partial charge in [0.2, 0.25) is 5.88 Å². The van der Waals surface area contributed by atoms with E-state index in [1.54, 1.807) is 6.07 Å². The van der Waals surface area contributed by atoms with Gasteiger partial charge in [-0.3, -0.25) is 0 Å². The van der Waals surface area contributed by atoms with Crippen molar-refractivity contribution in [2.45, 2.75) is 45.1 Å². The fourth-order valence-corrected chi connectivity index (χ4v) is 2.24. The summed E-state index contributed by atoms with van der Waals surface area (Å²) in [5.74, 6) is 1.70. The van der Waals surface area contributed by atoms with Gasteiger partial charge < -0.3 is 9.47 Å². The minimum Gasteiger partial charge on any atom is -0.475 e. The van der Waals surface area contributed by atoms with Gasteiger partial charge in [-0.2, -0.15) is 4.98 Å². The molecule has 5 heteroatoms. The molecule has 0 radical (unpaired) electrons. The molecule has 1 unspecified atom stereocenters. The summed E-state index contributed by atoms with van der Waals surface area (Å²) < 4.78 is 12.1. The van der Waals surface area contributed by atoms with Gasteiger partial charge in [-0.1, -0.05) is 13.8 Å². The normalized spacial score (nSPS) is 20.1. The van der Waals surface area contributed by atoms with Crippen molar-refractivity contribution in [1.82, 2.24) is 9.97 Å². The van der Waals surface area contributed by atoms with Crippen molar-refractivity contribution < 1.29 is 9.47 Å². The maximum atomic E-state index is 5.71. The van der Waals surface area contributed by atoms with Gasteiger partial charge in [0.05, 0.1) is 6.10 Å². The lowest BCUT2D eigenvalue weighted by Crippen LogP contribution is -2.26. The van der Waals surface area contributed by atoms with E-state index >= 15 is 0 Å². The molecule has 100 valence electrons. The second-order valence-corrected chi connectivity index (χ2v) is 5.65. The minimum absolute atomic E-state index is 0.204. The van der Waals surface area contributed by atoms with Crippen LogP contribution in [0.15, 0.2) is 10.7 Å². The zero-order valence-corrected chi connectivity index (χ0v) is 12.4. The largest absolute Gasteiger partial charge is 0.475 e. The summed E-state index contributed by atoms with van der Waals surface area (Å²) in [5.41, 5.74) is 0. The zero-order chi connectivity index (χ0) is 13.0. The standard InChI is InChI=1S/C13H19BrN2O2/c1-9(2)13-15-11(14)7-12(16-13)18-8-10-5-3-4-6-17-10/h7,9-10H,3-6,8H2,1-2H3. The first-order valence-electron chi connectivity index (χ1n) is 6.44. The highest BCUT2D eigenvalue weighted by Gasteiger charge is 2.15. The van der Waals surface area contributed by atoms with E-state index in [2.05, 4.69) is 39.7 Å². The van der Waals surface area contributed by atoms with Gasteiger partial charge >= 0.3 is 0 Å². The van der Waals surface area contributed by atoms with E-state index < -0.39 is 0 Å². The van der Waals surface area contributed by atoms with Crippen molar-refractivity contribution in [1.29, 1.82) is 0 Å². The van der Waals surface area contributed by atoms with Crippen molar-refractivity contribution in [2.24, 2.45) is 0 Å². The van der Waals surface area contributed by atoms with Crippen LogP contribution in [0.25, 0.3) is 0 Å². The van der Waals surface area contributed by atoms with Crippen LogP contribution in [-0.2, 0) is 4.74 Å². The Morgan fingerprint density at radius 1 is 1.44 bits per heavy atom. The third-order valence-corrected chi connectivity index (χ3v) is 3.30. The molecule has 0 saturated carbocycles. The molecule has 1 aromatic heterocycles. The Kier molecular flexibility index (Phi) is 4.95. The first kappa shape index (κ1) is 13.7. The van der Waals surface area contributed by atoms with E-state index in [-0.39, 0.29) is 12.0 Å². The first-order valence-corrected chi connectivity index (χ1v) is 7.23. The monoisotopic (exact) mass is 314 g/mol. The number of halogens is 1. The SMILES string of the molecule is CC(C)c1nc(Br)cc(OCC2CCCCO2)n1. The van der Waals surface area contributed by atoms with E-state index in [0.29, 0.717) is 12.5 Å². The Morgan fingerprint density at radius 3 is 2.94 bits per heavy atom. The van der Waals surface area contributed by atoms with Gasteiger partial charge in [-0.25, -0.2) is 4.98 Å². The first-order chi connectivity index (χ1) is 8.65. The van der Waals surface area contributed by atoms with E-state index in [1.165, 1.54) is 6.42 Å². The van der Waals surface area contributed by atoms with E-state index in [4.69, 9.17) is 9.47 Å². The summed E-state index contributed by atoms with van der Waals surface area (Å²) in [6.45, 7) is 5.55. The molecule has 1 saturated heterocycles. The Balaban J connectivity index is 1.95. The molecule has 4 nitrogen and oxygen atoms in total. The lowest BCUT2D eigenvalue weighted by atomic mass is 10.1. The Hall–Kier alpha value is -0.680. The highest BCUT2D eigenvalue weighted by Crippen LogP contribution is 2.20. The predicted molar refractivity (Wildman–Crippen MR) is 72.9 cm³/mol. The molecule has 0 aromatic carbocycles. The lowest BCUT2D eigenvalue weighted by molar-refractivity contribution is -0.0120. The molecular weight excluding hydrogens is 296 g/mol. The molecular formula is C13H19BrN2O2. The number of hydrogen-bond donors (Lipinski definition) is 0. The highest BCUT2D eigenvalue weighted by molar-refractivity contribution is 9.10. The summed E-state index contributed by atoms with van der Waals surface area (Å²) in [6, 6.07) is 1.80. The van der Waals surface area contributed by atoms with Gasteiger partial charge in [0.15, 0.2) is 0 Å². The summed E-state index contributed by atoms with van der Waals surface area (Å²) in [5, 5.41) is 0. The molecule has 2 heterocycles. The smallest absolute Gasteiger partial charge is 0.217 e. The minimum atomic E-state index is 0.204. The molecule has 0 N–H and O–H groups in total. The van der Waals surface area contributed by atoms with Crippen molar-refractivity contribution in [2.75, 3.05) is 13.2 Å². The fraction of sp³-hybridized carbons (Fsp3) is 0.692. The summed E-state index contributed by atoms with van der Waals surface area (Å²) in [6.07, 6.45) is 3.66. The molecule has 1 aliphatic heterocycles. The molecule has 0 amide bonds. The van der Waals surface area contributed by atoms with Crippen LogP contribution in [0.4, 0.5) is 0 Å². The second-order valence-electron chi connectivity index (χ2n) is 4.84. The molecule has 1 aromatic rings. The van der Waals surface area contributed by atoms with Gasteiger partial charge in [-0.05, 0) is 35.2 Å². The number of hydrogen-bond acceptors (Lipinski definition) is 4. The van der Waals surface area contributed by atoms with Gasteiger partial charge in [0.25, 0.3) is 0 Å². The average Bonchev–Trinajstić information content (AvgIpc) is 2.37. The maximum absolute atomic E-state index is 5.71. The van der Waals surface area contributed by atoms with Crippen molar-refractivity contribution >= 4 is 15.9 Å². The third kappa shape index (κ3) is 3.92. The molecule has 1 aliphatic rings. The van der Waals surface area contributed by atoms with Gasteiger partial charge in [0.1, 0.15) is 17.0 Å². The van der Waals surface area contributed by atoms with Crippen molar-refractivity contribution in [3.8, 4) is 5.88 Å². The number of aromatic nitrogens is 2. The van der Waals surface area contributed by atoms with Crippen LogP contribution in [0.5, 0.6) is 5.88 Å². The fourth-order valence-electron chi connectivity index (χ4n) is 1.86. The third-order valence-electron chi connectivity index (χ3n) is 2.90. The van der Waals surface area contributed by atoms with E-state index in [1.807, 2.05) is 0 Å². The van der Waals surface area contributed by atoms with Gasteiger partial charge in [-0.15, -0.1) is 0 Å². The second kappa shape index (κ2) is 6.48. The zero-order valence-electron chi connectivity index (χ0n) is 10.9. The lowest BCUT2D eigenvalue weighted by Gasteiger charge is -2.22. The molecule has 0 spiro atoms. The van der Waals surface area contributed by atoms with Crippen molar-refractivity contribution in [3.05, 3.63) is 16.5 Å². The topological polar surface area (TPSA) is 44.2 Å². The quantitative estimate of drug-likeness (QED) is 0.800. The summed E-state index contributed by atoms with van der Waals surface area (Å²) in [7, 11) is 0. The number of ether oxygens (including phenoxy) is 2.